The van der Waals surface area contributed by atoms with Gasteiger partial charge in [0.15, 0.2) is 9.84 Å². The van der Waals surface area contributed by atoms with Crippen molar-refractivity contribution in [1.82, 2.24) is 9.55 Å². The molecule has 22 heavy (non-hydrogen) atoms. The van der Waals surface area contributed by atoms with E-state index in [1.807, 2.05) is 16.7 Å². The molecule has 1 N–H and O–H groups in total. The number of carbonyl (C=O) groups excluding carboxylic acids is 1. The summed E-state index contributed by atoms with van der Waals surface area (Å²) in [7, 11) is -3.25. The van der Waals surface area contributed by atoms with Crippen LogP contribution in [0.1, 0.15) is 12.8 Å². The van der Waals surface area contributed by atoms with Crippen LogP contribution in [0.15, 0.2) is 54.0 Å². The number of nitrogens with zero attached hydrogens (tertiary/aromatic N) is 2. The number of imidazole rings is 1. The van der Waals surface area contributed by atoms with Crippen molar-refractivity contribution in [2.24, 2.45) is 0 Å². The van der Waals surface area contributed by atoms with E-state index in [2.05, 4.69) is 10.3 Å². The molecule has 1 aliphatic heterocycles. The summed E-state index contributed by atoms with van der Waals surface area (Å²) in [6.45, 7) is 0. The Balaban J connectivity index is 1.80. The molecule has 0 fully saturated rings. The number of hydrogen-bond acceptors (Lipinski definition) is 4. The zero-order chi connectivity index (χ0) is 15.6. The Kier molecular flexibility index (Phi) is 3.81. The average Bonchev–Trinajstić information content (AvgIpc) is 3.00. The molecule has 2 heterocycles. The number of rotatable bonds is 3. The van der Waals surface area contributed by atoms with Crippen molar-refractivity contribution in [2.45, 2.75) is 12.8 Å². The van der Waals surface area contributed by atoms with Crippen LogP contribution in [0.25, 0.3) is 5.69 Å². The van der Waals surface area contributed by atoms with Gasteiger partial charge < -0.3 is 9.88 Å². The van der Waals surface area contributed by atoms with Gasteiger partial charge in [-0.05, 0) is 31.0 Å². The molecule has 1 amide bonds. The van der Waals surface area contributed by atoms with Crippen molar-refractivity contribution in [3.63, 3.8) is 0 Å². The van der Waals surface area contributed by atoms with E-state index in [4.69, 9.17) is 0 Å². The first-order chi connectivity index (χ1) is 10.5. The smallest absolute Gasteiger partial charge is 0.252 e. The fourth-order valence-corrected chi connectivity index (χ4v) is 3.66. The van der Waals surface area contributed by atoms with E-state index in [1.165, 1.54) is 0 Å². The molecule has 0 bridgehead atoms. The molecule has 1 aromatic heterocycles. The Morgan fingerprint density at radius 3 is 2.91 bits per heavy atom. The first-order valence-corrected chi connectivity index (χ1v) is 8.58. The second kappa shape index (κ2) is 5.76. The van der Waals surface area contributed by atoms with Crippen LogP contribution in [0.3, 0.4) is 0 Å². The highest BCUT2D eigenvalue weighted by atomic mass is 32.2. The number of benzene rings is 1. The van der Waals surface area contributed by atoms with E-state index in [9.17, 15) is 13.2 Å². The number of carbonyl (C=O) groups is 1. The highest BCUT2D eigenvalue weighted by Crippen LogP contribution is 2.20. The van der Waals surface area contributed by atoms with Crippen LogP contribution in [0.5, 0.6) is 0 Å². The SMILES string of the molecule is O=C(Nc1cccc(-n2ccnc2)c1)C1=CS(=O)(=O)CCC1. The zero-order valence-corrected chi connectivity index (χ0v) is 12.6. The van der Waals surface area contributed by atoms with Gasteiger partial charge in [0, 0.05) is 34.7 Å². The van der Waals surface area contributed by atoms with E-state index in [-0.39, 0.29) is 11.7 Å². The van der Waals surface area contributed by atoms with E-state index < -0.39 is 9.84 Å². The molecule has 6 nitrogen and oxygen atoms in total. The van der Waals surface area contributed by atoms with Crippen molar-refractivity contribution >= 4 is 21.4 Å². The maximum absolute atomic E-state index is 12.2. The number of sulfone groups is 1. The first kappa shape index (κ1) is 14.5. The highest BCUT2D eigenvalue weighted by molar-refractivity contribution is 7.94. The summed E-state index contributed by atoms with van der Waals surface area (Å²) >= 11 is 0. The van der Waals surface area contributed by atoms with E-state index in [0.29, 0.717) is 24.1 Å². The fourth-order valence-electron chi connectivity index (χ4n) is 2.33. The number of anilines is 1. The molecule has 1 aromatic carbocycles. The van der Waals surface area contributed by atoms with Gasteiger partial charge in [0.1, 0.15) is 0 Å². The van der Waals surface area contributed by atoms with Crippen LogP contribution in [-0.2, 0) is 14.6 Å². The van der Waals surface area contributed by atoms with Gasteiger partial charge in [-0.2, -0.15) is 0 Å². The average molecular weight is 317 g/mol. The van der Waals surface area contributed by atoms with Crippen LogP contribution in [-0.4, -0.2) is 29.6 Å². The van der Waals surface area contributed by atoms with Gasteiger partial charge in [-0.15, -0.1) is 0 Å². The Morgan fingerprint density at radius 1 is 1.32 bits per heavy atom. The van der Waals surface area contributed by atoms with Crippen LogP contribution in [0, 0.1) is 0 Å². The summed E-state index contributed by atoms with van der Waals surface area (Å²) in [6, 6.07) is 7.27. The lowest BCUT2D eigenvalue weighted by Gasteiger charge is -2.13. The van der Waals surface area contributed by atoms with Gasteiger partial charge >= 0.3 is 0 Å². The third-order valence-electron chi connectivity index (χ3n) is 3.40. The van der Waals surface area contributed by atoms with Gasteiger partial charge in [-0.1, -0.05) is 6.07 Å². The summed E-state index contributed by atoms with van der Waals surface area (Å²) < 4.78 is 24.9. The fraction of sp³-hybridized carbons (Fsp3) is 0.200. The molecule has 0 spiro atoms. The third kappa shape index (κ3) is 3.25. The summed E-state index contributed by atoms with van der Waals surface area (Å²) in [5.74, 6) is -0.258. The highest BCUT2D eigenvalue weighted by Gasteiger charge is 2.20. The van der Waals surface area contributed by atoms with Crippen molar-refractivity contribution < 1.29 is 13.2 Å². The minimum atomic E-state index is -3.25. The number of aromatic nitrogens is 2. The summed E-state index contributed by atoms with van der Waals surface area (Å²) in [6.07, 6.45) is 6.10. The van der Waals surface area contributed by atoms with Gasteiger partial charge in [0.05, 0.1) is 12.1 Å². The van der Waals surface area contributed by atoms with E-state index >= 15 is 0 Å². The van der Waals surface area contributed by atoms with Gasteiger partial charge in [0.25, 0.3) is 5.91 Å². The minimum absolute atomic E-state index is 0.111. The standard InChI is InChI=1S/C15H15N3O3S/c19-15(12-3-2-8-22(20,21)10-12)17-13-4-1-5-14(9-13)18-7-6-16-11-18/h1,4-7,9-11H,2-3,8H2,(H,17,19). The van der Waals surface area contributed by atoms with Gasteiger partial charge in [-0.25, -0.2) is 13.4 Å². The second-order valence-corrected chi connectivity index (χ2v) is 7.06. The Hall–Kier alpha value is -2.41. The van der Waals surface area contributed by atoms with Gasteiger partial charge in [-0.3, -0.25) is 4.79 Å². The van der Waals surface area contributed by atoms with E-state index in [1.54, 1.807) is 30.9 Å². The largest absolute Gasteiger partial charge is 0.322 e. The zero-order valence-electron chi connectivity index (χ0n) is 11.8. The topological polar surface area (TPSA) is 81.1 Å². The molecule has 114 valence electrons. The van der Waals surface area contributed by atoms with Crippen molar-refractivity contribution in [2.75, 3.05) is 11.1 Å². The Bertz CT molecular complexity index is 823. The molecule has 0 saturated heterocycles. The maximum Gasteiger partial charge on any atom is 0.252 e. The molecule has 0 saturated carbocycles. The lowest BCUT2D eigenvalue weighted by molar-refractivity contribution is -0.113. The van der Waals surface area contributed by atoms with Crippen molar-refractivity contribution in [3.8, 4) is 5.69 Å². The molecular weight excluding hydrogens is 302 g/mol. The predicted octanol–water partition coefficient (Wildman–Crippen LogP) is 1.90. The molecule has 0 radical (unpaired) electrons. The quantitative estimate of drug-likeness (QED) is 0.937. The van der Waals surface area contributed by atoms with Crippen LogP contribution in [0.2, 0.25) is 0 Å². The molecule has 0 unspecified atom stereocenters. The molecule has 3 rings (SSSR count). The molecular formula is C15H15N3O3S. The number of hydrogen-bond donors (Lipinski definition) is 1. The monoisotopic (exact) mass is 317 g/mol. The Labute approximate surface area is 128 Å². The lowest BCUT2D eigenvalue weighted by Crippen LogP contribution is -2.20. The number of amides is 1. The predicted molar refractivity (Wildman–Crippen MR) is 83.3 cm³/mol. The molecule has 0 aliphatic carbocycles. The second-order valence-electron chi connectivity index (χ2n) is 5.09. The normalized spacial score (nSPS) is 16.8. The molecule has 7 heteroatoms. The Morgan fingerprint density at radius 2 is 2.18 bits per heavy atom. The summed E-state index contributed by atoms with van der Waals surface area (Å²) in [5.41, 5.74) is 1.78. The molecule has 0 atom stereocenters. The number of nitrogens with one attached hydrogen (secondary N) is 1. The maximum atomic E-state index is 12.2. The molecule has 1 aliphatic rings. The van der Waals surface area contributed by atoms with Crippen molar-refractivity contribution in [3.05, 3.63) is 54.0 Å². The van der Waals surface area contributed by atoms with Crippen LogP contribution >= 0.6 is 0 Å². The minimum Gasteiger partial charge on any atom is -0.322 e. The first-order valence-electron chi connectivity index (χ1n) is 6.87. The third-order valence-corrected chi connectivity index (χ3v) is 4.90. The lowest BCUT2D eigenvalue weighted by atomic mass is 10.1. The van der Waals surface area contributed by atoms with Gasteiger partial charge in [0.2, 0.25) is 0 Å². The van der Waals surface area contributed by atoms with Crippen LogP contribution < -0.4 is 5.32 Å². The van der Waals surface area contributed by atoms with Crippen molar-refractivity contribution in [1.29, 1.82) is 0 Å². The summed E-state index contributed by atoms with van der Waals surface area (Å²) in [5, 5.41) is 3.84. The summed E-state index contributed by atoms with van der Waals surface area (Å²) in [4.78, 5) is 16.2. The molecule has 2 aromatic rings. The van der Waals surface area contributed by atoms with E-state index in [0.717, 1.165) is 11.1 Å². The van der Waals surface area contributed by atoms with Crippen LogP contribution in [0.4, 0.5) is 5.69 Å².